The van der Waals surface area contributed by atoms with E-state index in [-0.39, 0.29) is 5.91 Å². The Hall–Kier alpha value is -1.04. The third-order valence-corrected chi connectivity index (χ3v) is 3.12. The highest BCUT2D eigenvalue weighted by molar-refractivity contribution is 7.98. The minimum Gasteiger partial charge on any atom is -0.380 e. The highest BCUT2D eigenvalue weighted by Crippen LogP contribution is 2.12. The van der Waals surface area contributed by atoms with Crippen molar-refractivity contribution in [1.29, 1.82) is 0 Å². The Morgan fingerprint density at radius 3 is 3.00 bits per heavy atom. The Kier molecular flexibility index (Phi) is 6.78. The smallest absolute Gasteiger partial charge is 0.241 e. The van der Waals surface area contributed by atoms with Crippen LogP contribution in [0.2, 0.25) is 0 Å². The van der Waals surface area contributed by atoms with Crippen LogP contribution in [0.15, 0.2) is 24.3 Å². The molecule has 1 aromatic carbocycles. The van der Waals surface area contributed by atoms with Crippen LogP contribution < -0.4 is 11.1 Å². The SMILES string of the molecule is COCc1cccc(NC(=O)[C@H](N)CCSC)c1. The lowest BCUT2D eigenvalue weighted by atomic mass is 10.2. The van der Waals surface area contributed by atoms with Gasteiger partial charge in [0.25, 0.3) is 0 Å². The van der Waals surface area contributed by atoms with Crippen molar-refractivity contribution in [2.75, 3.05) is 24.4 Å². The summed E-state index contributed by atoms with van der Waals surface area (Å²) in [5, 5.41) is 2.82. The Bertz CT molecular complexity index is 385. The van der Waals surface area contributed by atoms with E-state index in [1.54, 1.807) is 18.9 Å². The number of amides is 1. The first-order chi connectivity index (χ1) is 8.67. The molecule has 0 saturated heterocycles. The molecule has 1 rings (SSSR count). The van der Waals surface area contributed by atoms with Crippen molar-refractivity contribution in [3.8, 4) is 0 Å². The number of benzene rings is 1. The average Bonchev–Trinajstić information content (AvgIpc) is 2.36. The number of carbonyl (C=O) groups is 1. The van der Waals surface area contributed by atoms with Gasteiger partial charge in [0, 0.05) is 12.8 Å². The van der Waals surface area contributed by atoms with E-state index in [4.69, 9.17) is 10.5 Å². The number of hydrogen-bond donors (Lipinski definition) is 2. The maximum absolute atomic E-state index is 11.8. The second-order valence-electron chi connectivity index (χ2n) is 4.01. The fraction of sp³-hybridized carbons (Fsp3) is 0.462. The van der Waals surface area contributed by atoms with Crippen LogP contribution >= 0.6 is 11.8 Å². The van der Waals surface area contributed by atoms with Gasteiger partial charge in [-0.25, -0.2) is 0 Å². The van der Waals surface area contributed by atoms with Crippen molar-refractivity contribution < 1.29 is 9.53 Å². The fourth-order valence-corrected chi connectivity index (χ4v) is 2.01. The molecular formula is C13H20N2O2S. The van der Waals surface area contributed by atoms with Gasteiger partial charge in [-0.15, -0.1) is 0 Å². The van der Waals surface area contributed by atoms with E-state index in [0.29, 0.717) is 13.0 Å². The normalized spacial score (nSPS) is 12.2. The van der Waals surface area contributed by atoms with Gasteiger partial charge < -0.3 is 15.8 Å². The summed E-state index contributed by atoms with van der Waals surface area (Å²) < 4.78 is 5.05. The molecule has 0 unspecified atom stereocenters. The number of ether oxygens (including phenoxy) is 1. The van der Waals surface area contributed by atoms with Crippen LogP contribution in [0.25, 0.3) is 0 Å². The van der Waals surface area contributed by atoms with Gasteiger partial charge >= 0.3 is 0 Å². The first kappa shape index (κ1) is 15.0. The van der Waals surface area contributed by atoms with Gasteiger partial charge in [-0.05, 0) is 36.1 Å². The zero-order chi connectivity index (χ0) is 13.4. The standard InChI is InChI=1S/C13H20N2O2S/c1-17-9-10-4-3-5-11(8-10)15-13(16)12(14)6-7-18-2/h3-5,8,12H,6-7,9,14H2,1-2H3,(H,15,16)/t12-/m1/s1. The number of carbonyl (C=O) groups excluding carboxylic acids is 1. The molecule has 0 heterocycles. The number of nitrogens with two attached hydrogens (primary N) is 1. The molecule has 1 atom stereocenters. The number of rotatable bonds is 7. The van der Waals surface area contributed by atoms with Crippen LogP contribution in [-0.4, -0.2) is 31.1 Å². The van der Waals surface area contributed by atoms with Crippen molar-refractivity contribution in [3.05, 3.63) is 29.8 Å². The summed E-state index contributed by atoms with van der Waals surface area (Å²) in [6, 6.07) is 7.12. The van der Waals surface area contributed by atoms with Crippen LogP contribution in [0.1, 0.15) is 12.0 Å². The molecule has 0 aliphatic carbocycles. The maximum atomic E-state index is 11.8. The molecule has 3 N–H and O–H groups in total. The molecule has 18 heavy (non-hydrogen) atoms. The topological polar surface area (TPSA) is 64.3 Å². The van der Waals surface area contributed by atoms with Gasteiger partial charge in [-0.3, -0.25) is 4.79 Å². The van der Waals surface area contributed by atoms with E-state index in [9.17, 15) is 4.79 Å². The van der Waals surface area contributed by atoms with Crippen molar-refractivity contribution in [1.82, 2.24) is 0 Å². The van der Waals surface area contributed by atoms with Gasteiger partial charge in [-0.2, -0.15) is 11.8 Å². The van der Waals surface area contributed by atoms with Gasteiger partial charge in [0.05, 0.1) is 12.6 Å². The summed E-state index contributed by atoms with van der Waals surface area (Å²) in [4.78, 5) is 11.8. The molecule has 100 valence electrons. The number of methoxy groups -OCH3 is 1. The Morgan fingerprint density at radius 1 is 1.56 bits per heavy atom. The Labute approximate surface area is 112 Å². The second-order valence-corrected chi connectivity index (χ2v) is 5.00. The van der Waals surface area contributed by atoms with E-state index in [2.05, 4.69) is 5.32 Å². The first-order valence-corrected chi connectivity index (χ1v) is 7.20. The van der Waals surface area contributed by atoms with Crippen molar-refractivity contribution in [2.24, 2.45) is 5.73 Å². The highest BCUT2D eigenvalue weighted by atomic mass is 32.2. The van der Waals surface area contributed by atoms with Crippen LogP contribution in [0, 0.1) is 0 Å². The first-order valence-electron chi connectivity index (χ1n) is 5.80. The van der Waals surface area contributed by atoms with Gasteiger partial charge in [0.15, 0.2) is 0 Å². The molecule has 0 aliphatic rings. The molecule has 1 aromatic rings. The van der Waals surface area contributed by atoms with Crippen molar-refractivity contribution in [2.45, 2.75) is 19.1 Å². The van der Waals surface area contributed by atoms with E-state index >= 15 is 0 Å². The lowest BCUT2D eigenvalue weighted by molar-refractivity contribution is -0.117. The Balaban J connectivity index is 2.55. The summed E-state index contributed by atoms with van der Waals surface area (Å²) in [6.45, 7) is 0.530. The van der Waals surface area contributed by atoms with E-state index in [0.717, 1.165) is 17.0 Å². The van der Waals surface area contributed by atoms with Crippen molar-refractivity contribution in [3.63, 3.8) is 0 Å². The predicted octanol–water partition coefficient (Wildman–Crippen LogP) is 1.85. The average molecular weight is 268 g/mol. The molecule has 0 radical (unpaired) electrons. The summed E-state index contributed by atoms with van der Waals surface area (Å²) in [5.74, 6) is 0.747. The van der Waals surface area contributed by atoms with E-state index in [1.165, 1.54) is 0 Å². The van der Waals surface area contributed by atoms with Crippen LogP contribution in [0.5, 0.6) is 0 Å². The lowest BCUT2D eigenvalue weighted by Crippen LogP contribution is -2.36. The molecule has 0 bridgehead atoms. The molecule has 0 aromatic heterocycles. The monoisotopic (exact) mass is 268 g/mol. The highest BCUT2D eigenvalue weighted by Gasteiger charge is 2.12. The molecule has 0 spiro atoms. The summed E-state index contributed by atoms with van der Waals surface area (Å²) in [5.41, 5.74) is 7.58. The van der Waals surface area contributed by atoms with Gasteiger partial charge in [0.1, 0.15) is 0 Å². The van der Waals surface area contributed by atoms with E-state index < -0.39 is 6.04 Å². The predicted molar refractivity (Wildman–Crippen MR) is 76.8 cm³/mol. The number of hydrogen-bond acceptors (Lipinski definition) is 4. The fourth-order valence-electron chi connectivity index (χ4n) is 1.52. The maximum Gasteiger partial charge on any atom is 0.241 e. The summed E-state index contributed by atoms with van der Waals surface area (Å²) in [6.07, 6.45) is 2.68. The van der Waals surface area contributed by atoms with E-state index in [1.807, 2.05) is 30.5 Å². The third-order valence-electron chi connectivity index (χ3n) is 2.48. The van der Waals surface area contributed by atoms with Crippen LogP contribution in [-0.2, 0) is 16.1 Å². The number of thioether (sulfide) groups is 1. The quantitative estimate of drug-likeness (QED) is 0.792. The number of anilines is 1. The molecule has 5 heteroatoms. The molecule has 0 saturated carbocycles. The Morgan fingerprint density at radius 2 is 2.33 bits per heavy atom. The molecule has 4 nitrogen and oxygen atoms in total. The number of nitrogens with one attached hydrogen (secondary N) is 1. The molecule has 0 fully saturated rings. The molecule has 0 aliphatic heterocycles. The third kappa shape index (κ3) is 5.08. The molecule has 1 amide bonds. The van der Waals surface area contributed by atoms with Crippen LogP contribution in [0.3, 0.4) is 0 Å². The molecular weight excluding hydrogens is 248 g/mol. The second kappa shape index (κ2) is 8.13. The minimum atomic E-state index is -0.455. The largest absolute Gasteiger partial charge is 0.380 e. The van der Waals surface area contributed by atoms with Crippen molar-refractivity contribution >= 4 is 23.4 Å². The summed E-state index contributed by atoms with van der Waals surface area (Å²) >= 11 is 1.69. The minimum absolute atomic E-state index is 0.140. The lowest BCUT2D eigenvalue weighted by Gasteiger charge is -2.12. The van der Waals surface area contributed by atoms with Gasteiger partial charge in [0.2, 0.25) is 5.91 Å². The summed E-state index contributed by atoms with van der Waals surface area (Å²) in [7, 11) is 1.64. The zero-order valence-corrected chi connectivity index (χ0v) is 11.6. The van der Waals surface area contributed by atoms with Gasteiger partial charge in [-0.1, -0.05) is 12.1 Å². The zero-order valence-electron chi connectivity index (χ0n) is 10.8. The van der Waals surface area contributed by atoms with Crippen LogP contribution in [0.4, 0.5) is 5.69 Å².